The topological polar surface area (TPSA) is 32.9 Å². The number of H-pyrrole nitrogens is 1. The van der Waals surface area contributed by atoms with Crippen LogP contribution in [0.5, 0.6) is 0 Å². The Labute approximate surface area is 73.6 Å². The van der Waals surface area contributed by atoms with Crippen LogP contribution in [0.2, 0.25) is 0 Å². The van der Waals surface area contributed by atoms with Crippen LogP contribution in [0, 0.1) is 20.8 Å². The quantitative estimate of drug-likeness (QED) is 0.632. The molecule has 1 N–H and O–H groups in total. The van der Waals surface area contributed by atoms with Crippen LogP contribution in [-0.4, -0.2) is 4.98 Å². The molecule has 0 atom stereocenters. The molecule has 0 spiro atoms. The monoisotopic (exact) mass is 167 g/mol. The number of aromatic amines is 1. The normalized spacial score (nSPS) is 8.75. The van der Waals surface area contributed by atoms with E-state index in [1.165, 1.54) is 0 Å². The molecule has 1 heterocycles. The minimum Gasteiger partial charge on any atom is -0.326 e. The van der Waals surface area contributed by atoms with Crippen molar-refractivity contribution < 1.29 is 0 Å². The zero-order chi connectivity index (χ0) is 9.72. The average molecular weight is 167 g/mol. The third-order valence-electron chi connectivity index (χ3n) is 1.68. The summed E-state index contributed by atoms with van der Waals surface area (Å²) >= 11 is 0. The van der Waals surface area contributed by atoms with Crippen molar-refractivity contribution in [1.29, 1.82) is 0 Å². The van der Waals surface area contributed by atoms with E-state index in [0.29, 0.717) is 0 Å². The van der Waals surface area contributed by atoms with Crippen molar-refractivity contribution in [2.45, 2.75) is 34.6 Å². The zero-order valence-corrected chi connectivity index (χ0v) is 8.49. The van der Waals surface area contributed by atoms with Gasteiger partial charge in [-0.3, -0.25) is 4.79 Å². The zero-order valence-electron chi connectivity index (χ0n) is 8.49. The fourth-order valence-corrected chi connectivity index (χ4v) is 0.921. The Hall–Kier alpha value is -1.05. The summed E-state index contributed by atoms with van der Waals surface area (Å²) in [7, 11) is 0. The van der Waals surface area contributed by atoms with E-state index in [-0.39, 0.29) is 5.56 Å². The van der Waals surface area contributed by atoms with Gasteiger partial charge >= 0.3 is 0 Å². The molecule has 0 aliphatic rings. The van der Waals surface area contributed by atoms with Crippen molar-refractivity contribution in [1.82, 2.24) is 4.98 Å². The average Bonchev–Trinajstić information content (AvgIpc) is 2.04. The first kappa shape index (κ1) is 11.0. The number of pyridine rings is 1. The van der Waals surface area contributed by atoms with Gasteiger partial charge in [0.15, 0.2) is 0 Å². The first-order valence-corrected chi connectivity index (χ1v) is 4.28. The Kier molecular flexibility index (Phi) is 4.34. The summed E-state index contributed by atoms with van der Waals surface area (Å²) in [6.07, 6.45) is 0. The fraction of sp³-hybridized carbons (Fsp3) is 0.500. The van der Waals surface area contributed by atoms with E-state index in [1.54, 1.807) is 0 Å². The highest BCUT2D eigenvalue weighted by Gasteiger charge is 1.96. The van der Waals surface area contributed by atoms with Crippen molar-refractivity contribution >= 4 is 0 Å². The predicted octanol–water partition coefficient (Wildman–Crippen LogP) is 2.33. The van der Waals surface area contributed by atoms with Gasteiger partial charge in [0.05, 0.1) is 0 Å². The molecular formula is C10H17NO. The molecule has 1 rings (SSSR count). The van der Waals surface area contributed by atoms with Gasteiger partial charge < -0.3 is 4.98 Å². The van der Waals surface area contributed by atoms with Crippen LogP contribution in [0.1, 0.15) is 30.7 Å². The summed E-state index contributed by atoms with van der Waals surface area (Å²) in [6.45, 7) is 9.65. The molecule has 0 saturated carbocycles. The van der Waals surface area contributed by atoms with E-state index in [4.69, 9.17) is 0 Å². The maximum atomic E-state index is 11.0. The maximum absolute atomic E-state index is 11.0. The van der Waals surface area contributed by atoms with Crippen molar-refractivity contribution in [3.8, 4) is 0 Å². The molecule has 1 aromatic heterocycles. The summed E-state index contributed by atoms with van der Waals surface area (Å²) in [5.41, 5.74) is 2.82. The van der Waals surface area contributed by atoms with Crippen LogP contribution in [0.4, 0.5) is 0 Å². The Morgan fingerprint density at radius 1 is 1.17 bits per heavy atom. The van der Waals surface area contributed by atoms with E-state index < -0.39 is 0 Å². The summed E-state index contributed by atoms with van der Waals surface area (Å²) in [6, 6.07) is 1.97. The van der Waals surface area contributed by atoms with E-state index >= 15 is 0 Å². The predicted molar refractivity (Wildman–Crippen MR) is 52.6 cm³/mol. The van der Waals surface area contributed by atoms with Crippen molar-refractivity contribution in [3.63, 3.8) is 0 Å². The Morgan fingerprint density at radius 3 is 2.08 bits per heavy atom. The molecule has 0 aliphatic carbocycles. The molecule has 12 heavy (non-hydrogen) atoms. The number of aromatic nitrogens is 1. The minimum absolute atomic E-state index is 0.0255. The second-order valence-corrected chi connectivity index (χ2v) is 2.59. The summed E-state index contributed by atoms with van der Waals surface area (Å²) in [4.78, 5) is 13.7. The molecule has 0 saturated heterocycles. The lowest BCUT2D eigenvalue weighted by Gasteiger charge is -1.98. The third kappa shape index (κ3) is 2.53. The molecule has 0 aliphatic heterocycles. The van der Waals surface area contributed by atoms with Gasteiger partial charge in [0.25, 0.3) is 5.56 Å². The third-order valence-corrected chi connectivity index (χ3v) is 1.68. The Balaban J connectivity index is 0.000000561. The van der Waals surface area contributed by atoms with E-state index in [1.807, 2.05) is 40.7 Å². The molecule has 0 bridgehead atoms. The van der Waals surface area contributed by atoms with Crippen LogP contribution in [-0.2, 0) is 0 Å². The molecule has 0 radical (unpaired) electrons. The molecule has 0 amide bonds. The van der Waals surface area contributed by atoms with Crippen LogP contribution in [0.25, 0.3) is 0 Å². The SMILES string of the molecule is CC.Cc1cc(C)c(C)c(=O)[nH]1. The second-order valence-electron chi connectivity index (χ2n) is 2.59. The van der Waals surface area contributed by atoms with Gasteiger partial charge in [-0.05, 0) is 32.4 Å². The lowest BCUT2D eigenvalue weighted by molar-refractivity contribution is 1.08. The van der Waals surface area contributed by atoms with Gasteiger partial charge in [0.2, 0.25) is 0 Å². The molecule has 0 aromatic carbocycles. The number of aryl methyl sites for hydroxylation is 2. The highest BCUT2D eigenvalue weighted by molar-refractivity contribution is 5.23. The number of nitrogens with one attached hydrogen (secondary N) is 1. The molecule has 2 heteroatoms. The van der Waals surface area contributed by atoms with Crippen LogP contribution in [0.15, 0.2) is 10.9 Å². The summed E-state index contributed by atoms with van der Waals surface area (Å²) < 4.78 is 0. The summed E-state index contributed by atoms with van der Waals surface area (Å²) in [5, 5.41) is 0. The van der Waals surface area contributed by atoms with Gasteiger partial charge in [-0.2, -0.15) is 0 Å². The number of hydrogen-bond donors (Lipinski definition) is 1. The molecule has 0 fully saturated rings. The summed E-state index contributed by atoms with van der Waals surface area (Å²) in [5.74, 6) is 0. The largest absolute Gasteiger partial charge is 0.326 e. The van der Waals surface area contributed by atoms with Crippen molar-refractivity contribution in [3.05, 3.63) is 33.2 Å². The molecule has 0 unspecified atom stereocenters. The Bertz CT molecular complexity index is 299. The van der Waals surface area contributed by atoms with Gasteiger partial charge in [0, 0.05) is 11.3 Å². The number of hydrogen-bond acceptors (Lipinski definition) is 1. The smallest absolute Gasteiger partial charge is 0.251 e. The van der Waals surface area contributed by atoms with Crippen molar-refractivity contribution in [2.75, 3.05) is 0 Å². The molecular weight excluding hydrogens is 150 g/mol. The van der Waals surface area contributed by atoms with Gasteiger partial charge in [-0.1, -0.05) is 13.8 Å². The first-order chi connectivity index (χ1) is 5.61. The lowest BCUT2D eigenvalue weighted by Crippen LogP contribution is -2.11. The standard InChI is InChI=1S/C8H11NO.C2H6/c1-5-4-6(2)9-8(10)7(5)3;1-2/h4H,1-3H3,(H,9,10);1-2H3. The van der Waals surface area contributed by atoms with Crippen LogP contribution in [0.3, 0.4) is 0 Å². The minimum atomic E-state index is 0.0255. The van der Waals surface area contributed by atoms with Crippen LogP contribution >= 0.6 is 0 Å². The molecule has 2 nitrogen and oxygen atoms in total. The highest BCUT2D eigenvalue weighted by Crippen LogP contribution is 1.99. The number of rotatable bonds is 0. The van der Waals surface area contributed by atoms with Gasteiger partial charge in [-0.15, -0.1) is 0 Å². The van der Waals surface area contributed by atoms with Crippen LogP contribution < -0.4 is 5.56 Å². The van der Waals surface area contributed by atoms with Gasteiger partial charge in [-0.25, -0.2) is 0 Å². The first-order valence-electron chi connectivity index (χ1n) is 4.28. The molecule has 68 valence electrons. The second kappa shape index (κ2) is 4.75. The maximum Gasteiger partial charge on any atom is 0.251 e. The van der Waals surface area contributed by atoms with E-state index in [0.717, 1.165) is 16.8 Å². The highest BCUT2D eigenvalue weighted by atomic mass is 16.1. The lowest BCUT2D eigenvalue weighted by atomic mass is 10.1. The Morgan fingerprint density at radius 2 is 1.67 bits per heavy atom. The molecule has 1 aromatic rings. The van der Waals surface area contributed by atoms with E-state index in [9.17, 15) is 4.79 Å². The van der Waals surface area contributed by atoms with E-state index in [2.05, 4.69) is 4.98 Å². The van der Waals surface area contributed by atoms with Gasteiger partial charge in [0.1, 0.15) is 0 Å². The van der Waals surface area contributed by atoms with Crippen molar-refractivity contribution in [2.24, 2.45) is 0 Å². The fourth-order valence-electron chi connectivity index (χ4n) is 0.921.